The summed E-state index contributed by atoms with van der Waals surface area (Å²) in [5, 5.41) is 10.5. The topological polar surface area (TPSA) is 46.8 Å². The van der Waals surface area contributed by atoms with Crippen LogP contribution in [-0.2, 0) is 6.54 Å². The first-order chi connectivity index (χ1) is 12.2. The van der Waals surface area contributed by atoms with E-state index >= 15 is 0 Å². The van der Waals surface area contributed by atoms with Crippen LogP contribution in [0.3, 0.4) is 0 Å². The van der Waals surface area contributed by atoms with E-state index < -0.39 is 0 Å². The maximum absolute atomic E-state index is 6.08. The summed E-state index contributed by atoms with van der Waals surface area (Å²) in [7, 11) is 2.10. The Morgan fingerprint density at radius 3 is 2.92 bits per heavy atom. The van der Waals surface area contributed by atoms with E-state index in [9.17, 15) is 0 Å². The number of rotatable bonds is 5. The fourth-order valence-corrected chi connectivity index (χ4v) is 3.81. The van der Waals surface area contributed by atoms with Gasteiger partial charge in [0.05, 0.1) is 17.8 Å². The Morgan fingerprint density at radius 1 is 1.24 bits per heavy atom. The minimum atomic E-state index is 0.611. The Labute approximate surface area is 152 Å². The molecule has 0 unspecified atom stereocenters. The second-order valence-electron chi connectivity index (χ2n) is 6.80. The molecule has 1 fully saturated rings. The predicted molar refractivity (Wildman–Crippen MR) is 101 cm³/mol. The summed E-state index contributed by atoms with van der Waals surface area (Å²) in [5.74, 6) is 0.611. The summed E-state index contributed by atoms with van der Waals surface area (Å²) in [5.41, 5.74) is 3.23. The molecule has 0 atom stereocenters. The molecule has 2 heterocycles. The number of hydrogen-bond acceptors (Lipinski definition) is 4. The lowest BCUT2D eigenvalue weighted by atomic mass is 10.1. The van der Waals surface area contributed by atoms with Gasteiger partial charge in [-0.2, -0.15) is 0 Å². The van der Waals surface area contributed by atoms with Gasteiger partial charge in [0.25, 0.3) is 0 Å². The molecule has 25 heavy (non-hydrogen) atoms. The highest BCUT2D eigenvalue weighted by Gasteiger charge is 2.20. The Kier molecular flexibility index (Phi) is 4.57. The Hall–Kier alpha value is -2.14. The average Bonchev–Trinajstić information content (AvgIpc) is 3.30. The molecule has 0 amide bonds. The van der Waals surface area contributed by atoms with Crippen molar-refractivity contribution in [3.63, 3.8) is 0 Å². The Balaban J connectivity index is 1.46. The van der Waals surface area contributed by atoms with E-state index in [-0.39, 0.29) is 0 Å². The molecule has 1 aromatic carbocycles. The van der Waals surface area contributed by atoms with Gasteiger partial charge in [-0.1, -0.05) is 29.7 Å². The van der Waals surface area contributed by atoms with Gasteiger partial charge in [0, 0.05) is 48.0 Å². The van der Waals surface area contributed by atoms with Gasteiger partial charge in [0.15, 0.2) is 0 Å². The van der Waals surface area contributed by atoms with Gasteiger partial charge in [-0.25, -0.2) is 0 Å². The Bertz CT molecular complexity index is 869. The summed E-state index contributed by atoms with van der Waals surface area (Å²) in [6.07, 6.45) is 9.10. The monoisotopic (exact) mass is 355 g/mol. The first-order valence-electron chi connectivity index (χ1n) is 8.86. The molecule has 0 bridgehead atoms. The van der Waals surface area contributed by atoms with Gasteiger partial charge in [0.2, 0.25) is 0 Å². The second-order valence-corrected chi connectivity index (χ2v) is 7.24. The van der Waals surface area contributed by atoms with Crippen molar-refractivity contribution >= 4 is 28.2 Å². The molecule has 3 aromatic rings. The third kappa shape index (κ3) is 3.47. The number of likely N-dealkylation sites (N-methyl/N-ethyl adjacent to an activating group) is 1. The number of pyridine rings is 1. The van der Waals surface area contributed by atoms with E-state index in [1.807, 2.05) is 35.1 Å². The van der Waals surface area contributed by atoms with Crippen molar-refractivity contribution in [1.29, 1.82) is 0 Å². The number of halogens is 1. The quantitative estimate of drug-likeness (QED) is 0.685. The summed E-state index contributed by atoms with van der Waals surface area (Å²) in [6.45, 7) is 1.67. The van der Waals surface area contributed by atoms with E-state index in [1.54, 1.807) is 0 Å². The summed E-state index contributed by atoms with van der Waals surface area (Å²) < 4.78 is 1.96. The van der Waals surface area contributed by atoms with E-state index in [0.29, 0.717) is 10.9 Å². The molecule has 0 aliphatic heterocycles. The van der Waals surface area contributed by atoms with Crippen molar-refractivity contribution < 1.29 is 0 Å². The van der Waals surface area contributed by atoms with Crippen molar-refractivity contribution in [3.8, 4) is 0 Å². The zero-order chi connectivity index (χ0) is 17.2. The summed E-state index contributed by atoms with van der Waals surface area (Å²) >= 11 is 6.08. The highest BCUT2D eigenvalue weighted by Crippen LogP contribution is 2.32. The minimum Gasteiger partial charge on any atom is -0.372 e. The normalized spacial score (nSPS) is 15.1. The van der Waals surface area contributed by atoms with Gasteiger partial charge in [-0.15, -0.1) is 5.10 Å². The maximum atomic E-state index is 6.08. The summed E-state index contributed by atoms with van der Waals surface area (Å²) in [6, 6.07) is 7.89. The molecule has 5 nitrogen and oxygen atoms in total. The zero-order valence-electron chi connectivity index (χ0n) is 14.4. The minimum absolute atomic E-state index is 0.611. The average molecular weight is 356 g/mol. The van der Waals surface area contributed by atoms with Crippen LogP contribution >= 0.6 is 11.6 Å². The fraction of sp³-hybridized carbons (Fsp3) is 0.421. The van der Waals surface area contributed by atoms with Crippen LogP contribution in [0.1, 0.15) is 37.3 Å². The van der Waals surface area contributed by atoms with E-state index in [4.69, 9.17) is 11.6 Å². The standard InChI is InChI=1S/C19H22ClN5/c1-24(19-8-9-21-17-12-15(20)6-7-16(17)19)10-11-25-13-18(22-23-25)14-4-2-3-5-14/h6-9,12-14H,2-5,10-11H2,1H3. The highest BCUT2D eigenvalue weighted by atomic mass is 35.5. The van der Waals surface area contributed by atoms with Crippen molar-refractivity contribution in [3.05, 3.63) is 47.4 Å². The van der Waals surface area contributed by atoms with Gasteiger partial charge in [0.1, 0.15) is 0 Å². The fourth-order valence-electron chi connectivity index (χ4n) is 3.64. The van der Waals surface area contributed by atoms with Crippen molar-refractivity contribution in [1.82, 2.24) is 20.0 Å². The van der Waals surface area contributed by atoms with Crippen molar-refractivity contribution in [2.45, 2.75) is 38.1 Å². The molecule has 4 rings (SSSR count). The van der Waals surface area contributed by atoms with Crippen LogP contribution in [0.2, 0.25) is 5.02 Å². The molecule has 0 N–H and O–H groups in total. The second kappa shape index (κ2) is 7.00. The van der Waals surface area contributed by atoms with Crippen LogP contribution in [-0.4, -0.2) is 33.6 Å². The molecule has 6 heteroatoms. The Morgan fingerprint density at radius 2 is 2.08 bits per heavy atom. The van der Waals surface area contributed by atoms with Gasteiger partial charge in [-0.05, 0) is 37.1 Å². The molecule has 2 aromatic heterocycles. The molecule has 1 saturated carbocycles. The molecule has 1 aliphatic rings. The number of fused-ring (bicyclic) bond motifs is 1. The predicted octanol–water partition coefficient (Wildman–Crippen LogP) is 4.27. The third-order valence-electron chi connectivity index (χ3n) is 5.09. The molecular weight excluding hydrogens is 334 g/mol. The van der Waals surface area contributed by atoms with Crippen LogP contribution in [0.25, 0.3) is 10.9 Å². The molecule has 0 radical (unpaired) electrons. The van der Waals surface area contributed by atoms with E-state index in [0.717, 1.165) is 35.4 Å². The van der Waals surface area contributed by atoms with E-state index in [2.05, 4.69) is 33.4 Å². The number of benzene rings is 1. The number of nitrogens with zero attached hydrogens (tertiary/aromatic N) is 5. The lowest BCUT2D eigenvalue weighted by molar-refractivity contribution is 0.587. The van der Waals surface area contributed by atoms with Crippen LogP contribution in [0.4, 0.5) is 5.69 Å². The lowest BCUT2D eigenvalue weighted by Gasteiger charge is -2.20. The van der Waals surface area contributed by atoms with Crippen LogP contribution in [0, 0.1) is 0 Å². The van der Waals surface area contributed by atoms with Crippen LogP contribution in [0.5, 0.6) is 0 Å². The lowest BCUT2D eigenvalue weighted by Crippen LogP contribution is -2.23. The molecular formula is C19H22ClN5. The van der Waals surface area contributed by atoms with E-state index in [1.165, 1.54) is 25.7 Å². The third-order valence-corrected chi connectivity index (χ3v) is 5.32. The van der Waals surface area contributed by atoms with Gasteiger partial charge in [-0.3, -0.25) is 9.67 Å². The largest absolute Gasteiger partial charge is 0.372 e. The maximum Gasteiger partial charge on any atom is 0.0857 e. The molecule has 0 spiro atoms. The van der Waals surface area contributed by atoms with Crippen LogP contribution in [0.15, 0.2) is 36.7 Å². The smallest absolute Gasteiger partial charge is 0.0857 e. The molecule has 130 valence electrons. The molecule has 1 aliphatic carbocycles. The number of anilines is 1. The highest BCUT2D eigenvalue weighted by molar-refractivity contribution is 6.31. The van der Waals surface area contributed by atoms with Crippen molar-refractivity contribution in [2.75, 3.05) is 18.5 Å². The summed E-state index contributed by atoms with van der Waals surface area (Å²) in [4.78, 5) is 6.64. The van der Waals surface area contributed by atoms with Crippen LogP contribution < -0.4 is 4.90 Å². The first-order valence-corrected chi connectivity index (χ1v) is 9.24. The number of hydrogen-bond donors (Lipinski definition) is 0. The molecule has 0 saturated heterocycles. The van der Waals surface area contributed by atoms with Gasteiger partial charge < -0.3 is 4.90 Å². The van der Waals surface area contributed by atoms with Gasteiger partial charge >= 0.3 is 0 Å². The SMILES string of the molecule is CN(CCn1cc(C2CCCC2)nn1)c1ccnc2cc(Cl)ccc12. The van der Waals surface area contributed by atoms with Crippen molar-refractivity contribution in [2.24, 2.45) is 0 Å². The first kappa shape index (κ1) is 16.3. The number of aromatic nitrogens is 4. The zero-order valence-corrected chi connectivity index (χ0v) is 15.2.